The van der Waals surface area contributed by atoms with Gasteiger partial charge in [-0.05, 0) is 18.8 Å². The summed E-state index contributed by atoms with van der Waals surface area (Å²) in [5.74, 6) is 1.24. The van der Waals surface area contributed by atoms with E-state index in [-0.39, 0.29) is 5.91 Å². The van der Waals surface area contributed by atoms with E-state index in [1.807, 2.05) is 5.38 Å². The second-order valence-corrected chi connectivity index (χ2v) is 6.09. The van der Waals surface area contributed by atoms with Crippen molar-refractivity contribution in [2.75, 3.05) is 26.8 Å². The Morgan fingerprint density at radius 3 is 3.05 bits per heavy atom. The molecule has 1 saturated carbocycles. The summed E-state index contributed by atoms with van der Waals surface area (Å²) in [7, 11) is 1.80. The predicted octanol–water partition coefficient (Wildman–Crippen LogP) is 2.31. The van der Waals surface area contributed by atoms with Gasteiger partial charge in [-0.3, -0.25) is 4.79 Å². The van der Waals surface area contributed by atoms with Gasteiger partial charge in [0.15, 0.2) is 0 Å². The van der Waals surface area contributed by atoms with Gasteiger partial charge in [-0.1, -0.05) is 0 Å². The molecule has 0 aromatic carbocycles. The van der Waals surface area contributed by atoms with Gasteiger partial charge in [0.1, 0.15) is 5.01 Å². The minimum Gasteiger partial charge on any atom is -0.379 e. The molecule has 0 atom stereocenters. The second kappa shape index (κ2) is 7.22. The lowest BCUT2D eigenvalue weighted by Crippen LogP contribution is -2.31. The molecule has 1 aliphatic rings. The van der Waals surface area contributed by atoms with Gasteiger partial charge in [0.2, 0.25) is 5.91 Å². The van der Waals surface area contributed by atoms with Gasteiger partial charge in [0.05, 0.1) is 24.6 Å². The first-order valence-corrected chi connectivity index (χ1v) is 7.91. The lowest BCUT2D eigenvalue weighted by molar-refractivity contribution is -0.129. The van der Waals surface area contributed by atoms with E-state index in [1.165, 1.54) is 24.2 Å². The van der Waals surface area contributed by atoms with E-state index in [2.05, 4.69) is 4.98 Å². The highest BCUT2D eigenvalue weighted by molar-refractivity contribution is 7.09. The number of carbonyl (C=O) groups is 1. The summed E-state index contributed by atoms with van der Waals surface area (Å²) in [5.41, 5.74) is 0.838. The number of hydrogen-bond donors (Lipinski definition) is 0. The molecule has 1 amide bonds. The normalized spacial score (nSPS) is 14.6. The molecule has 1 aromatic heterocycles. The number of rotatable bonds is 8. The smallest absolute Gasteiger partial charge is 0.229 e. The van der Waals surface area contributed by atoms with Crippen molar-refractivity contribution in [2.45, 2.75) is 25.1 Å². The van der Waals surface area contributed by atoms with E-state index in [0.29, 0.717) is 25.5 Å². The van der Waals surface area contributed by atoms with Crippen LogP contribution in [0.2, 0.25) is 0 Å². The van der Waals surface area contributed by atoms with Crippen molar-refractivity contribution >= 4 is 28.8 Å². The zero-order chi connectivity index (χ0) is 13.7. The fraction of sp³-hybridized carbons (Fsp3) is 0.692. The molecule has 0 saturated heterocycles. The number of aromatic nitrogens is 1. The molecule has 6 heteroatoms. The third-order valence-electron chi connectivity index (χ3n) is 3.09. The molecule has 19 heavy (non-hydrogen) atoms. The maximum atomic E-state index is 12.0. The van der Waals surface area contributed by atoms with Gasteiger partial charge in [0.25, 0.3) is 0 Å². The van der Waals surface area contributed by atoms with E-state index in [4.69, 9.17) is 16.3 Å². The first-order chi connectivity index (χ1) is 9.19. The van der Waals surface area contributed by atoms with E-state index >= 15 is 0 Å². The number of carbonyl (C=O) groups excluding carboxylic acids is 1. The predicted molar refractivity (Wildman–Crippen MR) is 76.6 cm³/mol. The van der Waals surface area contributed by atoms with Gasteiger partial charge in [-0.25, -0.2) is 4.98 Å². The topological polar surface area (TPSA) is 42.4 Å². The lowest BCUT2D eigenvalue weighted by atomic mass is 10.4. The van der Waals surface area contributed by atoms with Crippen LogP contribution in [0.3, 0.4) is 0 Å². The van der Waals surface area contributed by atoms with Crippen molar-refractivity contribution in [3.8, 4) is 0 Å². The standard InChI is InChI=1S/C13H19ClN2O2S/c1-16(4-5-18-8-10-2-3-10)13(17)6-12-15-11(7-14)9-19-12/h9-10H,2-8H2,1H3. The number of hydrogen-bond acceptors (Lipinski definition) is 4. The highest BCUT2D eigenvalue weighted by Gasteiger charge is 2.21. The van der Waals surface area contributed by atoms with E-state index < -0.39 is 0 Å². The average molecular weight is 303 g/mol. The van der Waals surface area contributed by atoms with Gasteiger partial charge in [0, 0.05) is 25.6 Å². The number of nitrogens with zero attached hydrogens (tertiary/aromatic N) is 2. The number of halogens is 1. The average Bonchev–Trinajstić information content (AvgIpc) is 3.12. The molecule has 0 bridgehead atoms. The zero-order valence-electron chi connectivity index (χ0n) is 11.1. The zero-order valence-corrected chi connectivity index (χ0v) is 12.7. The van der Waals surface area contributed by atoms with Gasteiger partial charge in [-0.15, -0.1) is 22.9 Å². The molecule has 0 aliphatic heterocycles. The summed E-state index contributed by atoms with van der Waals surface area (Å²) in [5, 5.41) is 2.72. The summed E-state index contributed by atoms with van der Waals surface area (Å²) in [6.45, 7) is 2.09. The lowest BCUT2D eigenvalue weighted by Gasteiger charge is -2.16. The maximum absolute atomic E-state index is 12.0. The van der Waals surface area contributed by atoms with Crippen LogP contribution in [0.25, 0.3) is 0 Å². The summed E-state index contributed by atoms with van der Waals surface area (Å²) >= 11 is 7.17. The van der Waals surface area contributed by atoms with Gasteiger partial charge < -0.3 is 9.64 Å². The van der Waals surface area contributed by atoms with Crippen LogP contribution >= 0.6 is 22.9 Å². The SMILES string of the molecule is CN(CCOCC1CC1)C(=O)Cc1nc(CCl)cs1. The molecular weight excluding hydrogens is 284 g/mol. The molecule has 0 unspecified atom stereocenters. The Morgan fingerprint density at radius 2 is 2.42 bits per heavy atom. The number of amides is 1. The Labute approximate surface area is 122 Å². The number of alkyl halides is 1. The Hall–Kier alpha value is -0.650. The van der Waals surface area contributed by atoms with E-state index in [9.17, 15) is 4.79 Å². The van der Waals surface area contributed by atoms with Crippen LogP contribution in [-0.4, -0.2) is 42.6 Å². The molecule has 0 radical (unpaired) electrons. The molecule has 0 N–H and O–H groups in total. The maximum Gasteiger partial charge on any atom is 0.229 e. The number of thiazole rings is 1. The molecule has 4 nitrogen and oxygen atoms in total. The first-order valence-electron chi connectivity index (χ1n) is 6.50. The van der Waals surface area contributed by atoms with Crippen molar-refractivity contribution in [1.82, 2.24) is 9.88 Å². The molecule has 2 rings (SSSR count). The minimum absolute atomic E-state index is 0.0745. The molecule has 0 spiro atoms. The van der Waals surface area contributed by atoms with Crippen LogP contribution in [0.15, 0.2) is 5.38 Å². The molecule has 1 heterocycles. The van der Waals surface area contributed by atoms with Crippen LogP contribution in [0.4, 0.5) is 0 Å². The fourth-order valence-electron chi connectivity index (χ4n) is 1.62. The van der Waals surface area contributed by atoms with Gasteiger partial charge in [-0.2, -0.15) is 0 Å². The molecule has 106 valence electrons. The molecular formula is C13H19ClN2O2S. The fourth-order valence-corrected chi connectivity index (χ4v) is 2.63. The Kier molecular flexibility index (Phi) is 5.60. The summed E-state index contributed by atoms with van der Waals surface area (Å²) in [4.78, 5) is 17.9. The van der Waals surface area contributed by atoms with Crippen molar-refractivity contribution in [3.05, 3.63) is 16.1 Å². The van der Waals surface area contributed by atoms with Gasteiger partial charge >= 0.3 is 0 Å². The monoisotopic (exact) mass is 302 g/mol. The van der Waals surface area contributed by atoms with Crippen LogP contribution in [0.1, 0.15) is 23.5 Å². The number of ether oxygens (including phenoxy) is 1. The first kappa shape index (κ1) is 14.8. The van der Waals surface area contributed by atoms with Crippen LogP contribution in [0, 0.1) is 5.92 Å². The molecule has 1 fully saturated rings. The highest BCUT2D eigenvalue weighted by Crippen LogP contribution is 2.28. The van der Waals surface area contributed by atoms with Crippen molar-refractivity contribution in [1.29, 1.82) is 0 Å². The Balaban J connectivity index is 1.65. The molecule has 1 aliphatic carbocycles. The quantitative estimate of drug-likeness (QED) is 0.547. The minimum atomic E-state index is 0.0745. The van der Waals surface area contributed by atoms with Crippen LogP contribution < -0.4 is 0 Å². The second-order valence-electron chi connectivity index (χ2n) is 4.88. The van der Waals surface area contributed by atoms with Crippen LogP contribution in [-0.2, 0) is 21.8 Å². The molecule has 1 aromatic rings. The Bertz CT molecular complexity index is 421. The summed E-state index contributed by atoms with van der Waals surface area (Å²) < 4.78 is 5.53. The Morgan fingerprint density at radius 1 is 1.63 bits per heavy atom. The highest BCUT2D eigenvalue weighted by atomic mass is 35.5. The largest absolute Gasteiger partial charge is 0.379 e. The van der Waals surface area contributed by atoms with Crippen molar-refractivity contribution in [3.63, 3.8) is 0 Å². The van der Waals surface area contributed by atoms with E-state index in [0.717, 1.165) is 23.2 Å². The third-order valence-corrected chi connectivity index (χ3v) is 4.26. The van der Waals surface area contributed by atoms with Crippen molar-refractivity contribution < 1.29 is 9.53 Å². The van der Waals surface area contributed by atoms with E-state index in [1.54, 1.807) is 11.9 Å². The van der Waals surface area contributed by atoms with Crippen molar-refractivity contribution in [2.24, 2.45) is 5.92 Å². The summed E-state index contributed by atoms with van der Waals surface area (Å²) in [6, 6.07) is 0. The number of likely N-dealkylation sites (N-methyl/N-ethyl adjacent to an activating group) is 1. The third kappa shape index (κ3) is 5.09. The summed E-state index contributed by atoms with van der Waals surface area (Å²) in [6.07, 6.45) is 2.93. The van der Waals surface area contributed by atoms with Crippen LogP contribution in [0.5, 0.6) is 0 Å².